The second kappa shape index (κ2) is 4.27. The molecule has 1 saturated heterocycles. The summed E-state index contributed by atoms with van der Waals surface area (Å²) in [5.74, 6) is 0.103. The van der Waals surface area contributed by atoms with Gasteiger partial charge in [-0.1, -0.05) is 27.3 Å². The van der Waals surface area contributed by atoms with Crippen LogP contribution in [0.15, 0.2) is 22.7 Å². The standard InChI is InChI=1S/C11H10BrN3OS/c12-6-1-2-7-8(5-6)17-11(13-7)15-9-3-4-10(16)14-9/h1-2,5,9H,3-4H2,(H,13,15)(H,14,16). The number of halogens is 1. The van der Waals surface area contributed by atoms with Crippen LogP contribution in [0, 0.1) is 0 Å². The van der Waals surface area contributed by atoms with E-state index in [1.807, 2.05) is 18.2 Å². The van der Waals surface area contributed by atoms with E-state index in [1.54, 1.807) is 11.3 Å². The highest BCUT2D eigenvalue weighted by molar-refractivity contribution is 9.10. The quantitative estimate of drug-likeness (QED) is 0.896. The summed E-state index contributed by atoms with van der Waals surface area (Å²) in [6.45, 7) is 0. The molecule has 2 N–H and O–H groups in total. The van der Waals surface area contributed by atoms with E-state index in [0.29, 0.717) is 6.42 Å². The lowest BCUT2D eigenvalue weighted by molar-refractivity contribution is -0.119. The molecule has 4 nitrogen and oxygen atoms in total. The van der Waals surface area contributed by atoms with E-state index in [0.717, 1.165) is 26.2 Å². The van der Waals surface area contributed by atoms with Crippen LogP contribution in [0.2, 0.25) is 0 Å². The van der Waals surface area contributed by atoms with Crippen LogP contribution in [0.5, 0.6) is 0 Å². The van der Waals surface area contributed by atoms with Crippen molar-refractivity contribution < 1.29 is 4.79 Å². The Labute approximate surface area is 111 Å². The molecule has 6 heteroatoms. The molecule has 17 heavy (non-hydrogen) atoms. The fourth-order valence-electron chi connectivity index (χ4n) is 1.83. The van der Waals surface area contributed by atoms with Gasteiger partial charge in [0.25, 0.3) is 0 Å². The molecule has 88 valence electrons. The molecule has 0 radical (unpaired) electrons. The summed E-state index contributed by atoms with van der Waals surface area (Å²) in [6, 6.07) is 6.00. The number of carbonyl (C=O) groups is 1. The van der Waals surface area contributed by atoms with Gasteiger partial charge in [-0.2, -0.15) is 0 Å². The summed E-state index contributed by atoms with van der Waals surface area (Å²) in [5, 5.41) is 6.96. The number of anilines is 1. The van der Waals surface area contributed by atoms with Crippen molar-refractivity contribution in [2.75, 3.05) is 5.32 Å². The predicted octanol–water partition coefficient (Wildman–Crippen LogP) is 2.71. The predicted molar refractivity (Wildman–Crippen MR) is 72.1 cm³/mol. The lowest BCUT2D eigenvalue weighted by atomic mass is 10.3. The minimum absolute atomic E-state index is 0.0199. The first-order valence-corrected chi connectivity index (χ1v) is 6.94. The third-order valence-electron chi connectivity index (χ3n) is 2.64. The van der Waals surface area contributed by atoms with Crippen LogP contribution < -0.4 is 10.6 Å². The van der Waals surface area contributed by atoms with Gasteiger partial charge in [0.2, 0.25) is 5.91 Å². The van der Waals surface area contributed by atoms with E-state index < -0.39 is 0 Å². The Morgan fingerprint density at radius 3 is 3.18 bits per heavy atom. The van der Waals surface area contributed by atoms with Gasteiger partial charge in [0.1, 0.15) is 6.17 Å². The van der Waals surface area contributed by atoms with Crippen molar-refractivity contribution in [2.24, 2.45) is 0 Å². The van der Waals surface area contributed by atoms with Gasteiger partial charge in [-0.25, -0.2) is 4.98 Å². The summed E-state index contributed by atoms with van der Waals surface area (Å²) >= 11 is 5.04. The minimum atomic E-state index is 0.0199. The first-order chi connectivity index (χ1) is 8.20. The zero-order valence-corrected chi connectivity index (χ0v) is 11.3. The Morgan fingerprint density at radius 2 is 2.41 bits per heavy atom. The second-order valence-electron chi connectivity index (χ2n) is 3.93. The molecule has 0 aliphatic carbocycles. The lowest BCUT2D eigenvalue weighted by Gasteiger charge is -2.10. The maximum Gasteiger partial charge on any atom is 0.221 e. The fraction of sp³-hybridized carbons (Fsp3) is 0.273. The van der Waals surface area contributed by atoms with Gasteiger partial charge >= 0.3 is 0 Å². The average Bonchev–Trinajstić information content (AvgIpc) is 2.84. The topological polar surface area (TPSA) is 54.0 Å². The number of nitrogens with one attached hydrogen (secondary N) is 2. The highest BCUT2D eigenvalue weighted by Crippen LogP contribution is 2.29. The van der Waals surface area contributed by atoms with Crippen molar-refractivity contribution in [3.8, 4) is 0 Å². The van der Waals surface area contributed by atoms with Crippen LogP contribution in [0.1, 0.15) is 12.8 Å². The van der Waals surface area contributed by atoms with Gasteiger partial charge in [0.15, 0.2) is 5.13 Å². The molecule has 0 saturated carbocycles. The number of benzene rings is 1. The summed E-state index contributed by atoms with van der Waals surface area (Å²) in [6.07, 6.45) is 1.43. The van der Waals surface area contributed by atoms with Crippen molar-refractivity contribution in [1.82, 2.24) is 10.3 Å². The number of amides is 1. The Balaban J connectivity index is 1.83. The number of hydrogen-bond donors (Lipinski definition) is 2. The maximum absolute atomic E-state index is 11.1. The zero-order valence-electron chi connectivity index (χ0n) is 8.87. The average molecular weight is 312 g/mol. The Bertz CT molecular complexity index is 583. The molecule has 0 bridgehead atoms. The molecule has 1 aromatic carbocycles. The smallest absolute Gasteiger partial charge is 0.221 e. The molecule has 1 fully saturated rings. The summed E-state index contributed by atoms with van der Waals surface area (Å²) in [5.41, 5.74) is 0.977. The Hall–Kier alpha value is -1.14. The van der Waals surface area contributed by atoms with Crippen molar-refractivity contribution in [2.45, 2.75) is 19.0 Å². The first kappa shape index (κ1) is 11.0. The summed E-state index contributed by atoms with van der Waals surface area (Å²) in [4.78, 5) is 15.6. The number of hydrogen-bond acceptors (Lipinski definition) is 4. The molecule has 2 heterocycles. The van der Waals surface area contributed by atoms with Crippen LogP contribution in [0.25, 0.3) is 10.2 Å². The maximum atomic E-state index is 11.1. The van der Waals surface area contributed by atoms with Gasteiger partial charge in [-0.05, 0) is 24.6 Å². The third kappa shape index (κ3) is 2.28. The third-order valence-corrected chi connectivity index (χ3v) is 4.09. The van der Waals surface area contributed by atoms with Crippen LogP contribution in [-0.2, 0) is 4.79 Å². The summed E-state index contributed by atoms with van der Waals surface area (Å²) in [7, 11) is 0. The molecule has 2 aromatic rings. The van der Waals surface area contributed by atoms with E-state index in [2.05, 4.69) is 31.5 Å². The van der Waals surface area contributed by atoms with E-state index in [-0.39, 0.29) is 12.1 Å². The minimum Gasteiger partial charge on any atom is -0.341 e. The number of aromatic nitrogens is 1. The highest BCUT2D eigenvalue weighted by Gasteiger charge is 2.21. The van der Waals surface area contributed by atoms with Gasteiger partial charge in [-0.3, -0.25) is 4.79 Å². The SMILES string of the molecule is O=C1CCC(Nc2nc3ccc(Br)cc3s2)N1. The molecular formula is C11H10BrN3OS. The monoisotopic (exact) mass is 311 g/mol. The molecule has 3 rings (SSSR count). The van der Waals surface area contributed by atoms with Crippen LogP contribution in [0.3, 0.4) is 0 Å². The van der Waals surface area contributed by atoms with Gasteiger partial charge in [0, 0.05) is 10.9 Å². The van der Waals surface area contributed by atoms with Gasteiger partial charge in [0.05, 0.1) is 10.2 Å². The molecule has 1 aromatic heterocycles. The van der Waals surface area contributed by atoms with Gasteiger partial charge < -0.3 is 10.6 Å². The van der Waals surface area contributed by atoms with Crippen LogP contribution >= 0.6 is 27.3 Å². The number of thiazole rings is 1. The van der Waals surface area contributed by atoms with Crippen LogP contribution in [-0.4, -0.2) is 17.1 Å². The lowest BCUT2D eigenvalue weighted by Crippen LogP contribution is -2.32. The number of fused-ring (bicyclic) bond motifs is 1. The molecule has 1 aliphatic rings. The number of carbonyl (C=O) groups excluding carboxylic acids is 1. The number of nitrogens with zero attached hydrogens (tertiary/aromatic N) is 1. The zero-order chi connectivity index (χ0) is 11.8. The molecule has 0 spiro atoms. The van der Waals surface area contributed by atoms with Crippen molar-refractivity contribution in [3.63, 3.8) is 0 Å². The molecule has 1 atom stereocenters. The first-order valence-electron chi connectivity index (χ1n) is 5.33. The van der Waals surface area contributed by atoms with E-state index in [1.165, 1.54) is 0 Å². The highest BCUT2D eigenvalue weighted by atomic mass is 79.9. The molecule has 1 aliphatic heterocycles. The number of rotatable bonds is 2. The summed E-state index contributed by atoms with van der Waals surface area (Å²) < 4.78 is 2.18. The largest absolute Gasteiger partial charge is 0.341 e. The van der Waals surface area contributed by atoms with Crippen molar-refractivity contribution in [1.29, 1.82) is 0 Å². The van der Waals surface area contributed by atoms with E-state index >= 15 is 0 Å². The molecular weight excluding hydrogens is 302 g/mol. The van der Waals surface area contributed by atoms with Crippen molar-refractivity contribution in [3.05, 3.63) is 22.7 Å². The van der Waals surface area contributed by atoms with Crippen LogP contribution in [0.4, 0.5) is 5.13 Å². The van der Waals surface area contributed by atoms with E-state index in [4.69, 9.17) is 0 Å². The van der Waals surface area contributed by atoms with E-state index in [9.17, 15) is 4.79 Å². The van der Waals surface area contributed by atoms with Crippen molar-refractivity contribution >= 4 is 48.5 Å². The Kier molecular flexibility index (Phi) is 2.76. The normalized spacial score (nSPS) is 19.6. The molecule has 1 amide bonds. The second-order valence-corrected chi connectivity index (χ2v) is 5.88. The Morgan fingerprint density at radius 1 is 1.53 bits per heavy atom. The molecule has 1 unspecified atom stereocenters. The van der Waals surface area contributed by atoms with Gasteiger partial charge in [-0.15, -0.1) is 0 Å². The fourth-order valence-corrected chi connectivity index (χ4v) is 3.30.